The monoisotopic (exact) mass is 233 g/mol. The Morgan fingerprint density at radius 1 is 1.53 bits per heavy atom. The van der Waals surface area contributed by atoms with Gasteiger partial charge in [-0.15, -0.1) is 0 Å². The number of anilines is 1. The van der Waals surface area contributed by atoms with E-state index in [1.54, 1.807) is 6.07 Å². The molecule has 1 aromatic rings. The number of amides is 1. The number of nitrogens with zero attached hydrogens (tertiary/aromatic N) is 1. The number of likely N-dealkylation sites (tertiary alicyclic amines) is 1. The van der Waals surface area contributed by atoms with Crippen LogP contribution in [0.25, 0.3) is 0 Å². The Morgan fingerprint density at radius 3 is 2.88 bits per heavy atom. The summed E-state index contributed by atoms with van der Waals surface area (Å²) in [5.41, 5.74) is 8.05. The minimum Gasteiger partial charge on any atom is -0.398 e. The highest BCUT2D eigenvalue weighted by molar-refractivity contribution is 5.99. The molecule has 0 saturated carbocycles. The number of carbonyl (C=O) groups excluding carboxylic acids is 1. The molecule has 1 unspecified atom stereocenters. The lowest BCUT2D eigenvalue weighted by Crippen LogP contribution is -2.36. The highest BCUT2D eigenvalue weighted by Crippen LogP contribution is 2.15. The van der Waals surface area contributed by atoms with Crippen LogP contribution in [0.5, 0.6) is 0 Å². The Balaban J connectivity index is 2.04. The van der Waals surface area contributed by atoms with Crippen molar-refractivity contribution in [3.63, 3.8) is 0 Å². The molecule has 1 heterocycles. The van der Waals surface area contributed by atoms with Crippen molar-refractivity contribution in [2.75, 3.05) is 25.9 Å². The molecular formula is C13H19N3O. The van der Waals surface area contributed by atoms with Crippen molar-refractivity contribution >= 4 is 11.6 Å². The van der Waals surface area contributed by atoms with E-state index in [2.05, 4.69) is 17.3 Å². The van der Waals surface area contributed by atoms with Crippen LogP contribution in [0.4, 0.5) is 5.69 Å². The molecular weight excluding hydrogens is 214 g/mol. The Labute approximate surface area is 102 Å². The number of nitrogens with two attached hydrogens (primary N) is 1. The molecule has 1 amide bonds. The van der Waals surface area contributed by atoms with E-state index in [0.29, 0.717) is 11.3 Å². The summed E-state index contributed by atoms with van der Waals surface area (Å²) in [6.07, 6.45) is 1.01. The molecule has 4 heteroatoms. The molecule has 0 bridgehead atoms. The van der Waals surface area contributed by atoms with Crippen LogP contribution in [0, 0.1) is 6.92 Å². The molecule has 1 atom stereocenters. The van der Waals surface area contributed by atoms with E-state index in [9.17, 15) is 4.79 Å². The van der Waals surface area contributed by atoms with Gasteiger partial charge in [-0.05, 0) is 44.6 Å². The van der Waals surface area contributed by atoms with Crippen molar-refractivity contribution in [1.82, 2.24) is 10.2 Å². The summed E-state index contributed by atoms with van der Waals surface area (Å²) in [5, 5.41) is 3.03. The number of benzene rings is 1. The van der Waals surface area contributed by atoms with Crippen molar-refractivity contribution in [1.29, 1.82) is 0 Å². The fourth-order valence-electron chi connectivity index (χ4n) is 2.20. The molecule has 1 aromatic carbocycles. The molecule has 1 aliphatic rings. The summed E-state index contributed by atoms with van der Waals surface area (Å²) in [4.78, 5) is 14.2. The number of carbonyl (C=O) groups is 1. The second-order valence-electron chi connectivity index (χ2n) is 4.81. The van der Waals surface area contributed by atoms with Crippen LogP contribution < -0.4 is 11.1 Å². The molecule has 0 radical (unpaired) electrons. The molecule has 0 aliphatic carbocycles. The van der Waals surface area contributed by atoms with E-state index in [1.807, 2.05) is 19.1 Å². The smallest absolute Gasteiger partial charge is 0.253 e. The SMILES string of the molecule is Cc1ccc(C(=O)NC2CCN(C)C2)c(N)c1. The molecule has 1 fully saturated rings. The number of hydrogen-bond acceptors (Lipinski definition) is 3. The number of aryl methyl sites for hydroxylation is 1. The van der Waals surface area contributed by atoms with Crippen molar-refractivity contribution in [2.45, 2.75) is 19.4 Å². The summed E-state index contributed by atoms with van der Waals surface area (Å²) in [5.74, 6) is -0.0669. The van der Waals surface area contributed by atoms with Gasteiger partial charge in [0.15, 0.2) is 0 Å². The molecule has 17 heavy (non-hydrogen) atoms. The van der Waals surface area contributed by atoms with Gasteiger partial charge in [-0.2, -0.15) is 0 Å². The molecule has 1 saturated heterocycles. The van der Waals surface area contributed by atoms with Gasteiger partial charge in [0, 0.05) is 18.3 Å². The lowest BCUT2D eigenvalue weighted by Gasteiger charge is -2.14. The summed E-state index contributed by atoms with van der Waals surface area (Å²) in [6, 6.07) is 5.77. The van der Waals surface area contributed by atoms with E-state index in [1.165, 1.54) is 0 Å². The van der Waals surface area contributed by atoms with Gasteiger partial charge in [0.05, 0.1) is 5.56 Å². The molecule has 4 nitrogen and oxygen atoms in total. The largest absolute Gasteiger partial charge is 0.398 e. The predicted octanol–water partition coefficient (Wildman–Crippen LogP) is 1.01. The van der Waals surface area contributed by atoms with E-state index in [0.717, 1.165) is 25.1 Å². The standard InChI is InChI=1S/C13H19N3O/c1-9-3-4-11(12(14)7-9)13(17)15-10-5-6-16(2)8-10/h3-4,7,10H,5-6,8,14H2,1-2H3,(H,15,17). The zero-order valence-electron chi connectivity index (χ0n) is 10.4. The second kappa shape index (κ2) is 4.75. The molecule has 0 spiro atoms. The third kappa shape index (κ3) is 2.77. The highest BCUT2D eigenvalue weighted by Gasteiger charge is 2.22. The van der Waals surface area contributed by atoms with Gasteiger partial charge in [0.1, 0.15) is 0 Å². The first-order chi connectivity index (χ1) is 8.06. The van der Waals surface area contributed by atoms with Crippen molar-refractivity contribution < 1.29 is 4.79 Å². The van der Waals surface area contributed by atoms with E-state index in [4.69, 9.17) is 5.73 Å². The summed E-state index contributed by atoms with van der Waals surface area (Å²) in [6.45, 7) is 3.91. The summed E-state index contributed by atoms with van der Waals surface area (Å²) < 4.78 is 0. The Bertz CT molecular complexity index is 431. The van der Waals surface area contributed by atoms with Gasteiger partial charge in [-0.3, -0.25) is 4.79 Å². The first kappa shape index (κ1) is 11.9. The molecule has 1 aliphatic heterocycles. The minimum atomic E-state index is -0.0669. The maximum Gasteiger partial charge on any atom is 0.253 e. The Kier molecular flexibility index (Phi) is 3.33. The predicted molar refractivity (Wildman–Crippen MR) is 69.0 cm³/mol. The first-order valence-corrected chi connectivity index (χ1v) is 5.92. The van der Waals surface area contributed by atoms with Crippen molar-refractivity contribution in [3.05, 3.63) is 29.3 Å². The molecule has 92 valence electrons. The van der Waals surface area contributed by atoms with Gasteiger partial charge >= 0.3 is 0 Å². The van der Waals surface area contributed by atoms with Crippen molar-refractivity contribution in [3.8, 4) is 0 Å². The Morgan fingerprint density at radius 2 is 2.29 bits per heavy atom. The lowest BCUT2D eigenvalue weighted by atomic mass is 10.1. The summed E-state index contributed by atoms with van der Waals surface area (Å²) >= 11 is 0. The third-order valence-electron chi connectivity index (χ3n) is 3.18. The van der Waals surface area contributed by atoms with Gasteiger partial charge in [0.25, 0.3) is 5.91 Å². The summed E-state index contributed by atoms with van der Waals surface area (Å²) in [7, 11) is 2.06. The number of rotatable bonds is 2. The number of nitrogen functional groups attached to an aromatic ring is 1. The van der Waals surface area contributed by atoms with Gasteiger partial charge in [0.2, 0.25) is 0 Å². The molecule has 2 rings (SSSR count). The number of nitrogens with one attached hydrogen (secondary N) is 1. The van der Waals surface area contributed by atoms with Crippen LogP contribution >= 0.6 is 0 Å². The second-order valence-corrected chi connectivity index (χ2v) is 4.81. The van der Waals surface area contributed by atoms with E-state index in [-0.39, 0.29) is 11.9 Å². The van der Waals surface area contributed by atoms with E-state index < -0.39 is 0 Å². The maximum absolute atomic E-state index is 12.0. The zero-order chi connectivity index (χ0) is 12.4. The third-order valence-corrected chi connectivity index (χ3v) is 3.18. The quantitative estimate of drug-likeness (QED) is 0.750. The van der Waals surface area contributed by atoms with Crippen LogP contribution in [0.3, 0.4) is 0 Å². The molecule has 0 aromatic heterocycles. The van der Waals surface area contributed by atoms with Crippen LogP contribution in [0.2, 0.25) is 0 Å². The molecule has 3 N–H and O–H groups in total. The lowest BCUT2D eigenvalue weighted by molar-refractivity contribution is 0.0939. The van der Waals surface area contributed by atoms with Crippen LogP contribution in [-0.4, -0.2) is 37.0 Å². The maximum atomic E-state index is 12.0. The Hall–Kier alpha value is -1.55. The van der Waals surface area contributed by atoms with E-state index >= 15 is 0 Å². The van der Waals surface area contributed by atoms with Crippen molar-refractivity contribution in [2.24, 2.45) is 0 Å². The average Bonchev–Trinajstić information content (AvgIpc) is 2.63. The highest BCUT2D eigenvalue weighted by atomic mass is 16.1. The number of hydrogen-bond donors (Lipinski definition) is 2. The van der Waals surface area contributed by atoms with Gasteiger partial charge in [-0.1, -0.05) is 6.07 Å². The van der Waals surface area contributed by atoms with Crippen LogP contribution in [-0.2, 0) is 0 Å². The van der Waals surface area contributed by atoms with Crippen LogP contribution in [0.1, 0.15) is 22.3 Å². The normalized spacial score (nSPS) is 20.5. The van der Waals surface area contributed by atoms with Gasteiger partial charge in [-0.25, -0.2) is 0 Å². The zero-order valence-corrected chi connectivity index (χ0v) is 10.4. The number of likely N-dealkylation sites (N-methyl/N-ethyl adjacent to an activating group) is 1. The first-order valence-electron chi connectivity index (χ1n) is 5.92. The van der Waals surface area contributed by atoms with Crippen LogP contribution in [0.15, 0.2) is 18.2 Å². The fraction of sp³-hybridized carbons (Fsp3) is 0.462. The topological polar surface area (TPSA) is 58.4 Å². The van der Waals surface area contributed by atoms with Gasteiger partial charge < -0.3 is 16.0 Å². The fourth-order valence-corrected chi connectivity index (χ4v) is 2.20. The minimum absolute atomic E-state index is 0.0669. The average molecular weight is 233 g/mol.